The fourth-order valence-electron chi connectivity index (χ4n) is 3.19. The van der Waals surface area contributed by atoms with Crippen LogP contribution in [0.2, 0.25) is 0 Å². The van der Waals surface area contributed by atoms with Gasteiger partial charge in [-0.1, -0.05) is 30.3 Å². The van der Waals surface area contributed by atoms with Gasteiger partial charge in [0.1, 0.15) is 5.76 Å². The van der Waals surface area contributed by atoms with E-state index in [1.54, 1.807) is 19.1 Å². The molecule has 0 atom stereocenters. The van der Waals surface area contributed by atoms with Crippen LogP contribution in [0.5, 0.6) is 5.88 Å². The molecule has 0 saturated heterocycles. The first-order chi connectivity index (χ1) is 14.8. The Balaban J connectivity index is 1.45. The summed E-state index contributed by atoms with van der Waals surface area (Å²) in [4.78, 5) is 17.9. The summed E-state index contributed by atoms with van der Waals surface area (Å²) >= 11 is 0. The van der Waals surface area contributed by atoms with Gasteiger partial charge in [-0.25, -0.2) is 18.2 Å². The average Bonchev–Trinajstić information content (AvgIpc) is 3.28. The monoisotopic (exact) mass is 440 g/mol. The number of benzene rings is 2. The predicted octanol–water partition coefficient (Wildman–Crippen LogP) is 3.24. The van der Waals surface area contributed by atoms with Crippen molar-refractivity contribution in [2.75, 3.05) is 5.75 Å². The Kier molecular flexibility index (Phi) is 5.51. The number of hydrogen-bond acceptors (Lipinski definition) is 7. The van der Waals surface area contributed by atoms with E-state index in [4.69, 9.17) is 8.83 Å². The predicted molar refractivity (Wildman–Crippen MR) is 113 cm³/mol. The minimum Gasteiger partial charge on any atom is -0.492 e. The number of rotatable bonds is 7. The quantitative estimate of drug-likeness (QED) is 0.452. The average molecular weight is 440 g/mol. The van der Waals surface area contributed by atoms with Crippen molar-refractivity contribution in [3.8, 4) is 17.3 Å². The van der Waals surface area contributed by atoms with Crippen molar-refractivity contribution in [1.82, 2.24) is 9.97 Å². The van der Waals surface area contributed by atoms with Crippen LogP contribution in [0.3, 0.4) is 0 Å². The maximum atomic E-state index is 12.8. The molecule has 0 fully saturated rings. The van der Waals surface area contributed by atoms with Gasteiger partial charge in [-0.05, 0) is 36.8 Å². The molecule has 2 aromatic carbocycles. The third-order valence-electron chi connectivity index (χ3n) is 4.87. The van der Waals surface area contributed by atoms with Gasteiger partial charge in [0.15, 0.2) is 15.6 Å². The molecule has 0 unspecified atom stereocenters. The Morgan fingerprint density at radius 2 is 1.74 bits per heavy atom. The molecule has 4 aromatic rings. The number of aromatic amines is 1. The molecule has 160 valence electrons. The topological polar surface area (TPSA) is 126 Å². The van der Waals surface area contributed by atoms with E-state index in [-0.39, 0.29) is 35.1 Å². The van der Waals surface area contributed by atoms with Crippen LogP contribution >= 0.6 is 0 Å². The summed E-state index contributed by atoms with van der Waals surface area (Å²) < 4.78 is 36.1. The van der Waals surface area contributed by atoms with E-state index in [1.807, 2.05) is 30.3 Å². The van der Waals surface area contributed by atoms with Crippen molar-refractivity contribution in [1.29, 1.82) is 0 Å². The van der Waals surface area contributed by atoms with Gasteiger partial charge in [0.2, 0.25) is 11.8 Å². The van der Waals surface area contributed by atoms with Crippen LogP contribution in [0.4, 0.5) is 0 Å². The van der Waals surface area contributed by atoms with E-state index in [1.165, 1.54) is 12.1 Å². The Bertz CT molecular complexity index is 1350. The Morgan fingerprint density at radius 1 is 1.03 bits per heavy atom. The van der Waals surface area contributed by atoms with E-state index in [2.05, 4.69) is 9.97 Å². The molecule has 9 heteroatoms. The summed E-state index contributed by atoms with van der Waals surface area (Å²) in [5.41, 5.74) is 2.13. The molecule has 0 bridgehead atoms. The van der Waals surface area contributed by atoms with Crippen molar-refractivity contribution in [2.45, 2.75) is 24.7 Å². The van der Waals surface area contributed by atoms with E-state index >= 15 is 0 Å². The Hall–Kier alpha value is -3.59. The zero-order valence-electron chi connectivity index (χ0n) is 16.7. The number of aromatic nitrogens is 2. The molecule has 0 aliphatic rings. The normalized spacial score (nSPS) is 11.6. The Labute approximate surface area is 178 Å². The van der Waals surface area contributed by atoms with Gasteiger partial charge >= 0.3 is 5.76 Å². The maximum absolute atomic E-state index is 12.8. The highest BCUT2D eigenvalue weighted by Crippen LogP contribution is 2.23. The Morgan fingerprint density at radius 3 is 2.39 bits per heavy atom. The molecule has 2 N–H and O–H groups in total. The van der Waals surface area contributed by atoms with Crippen LogP contribution < -0.4 is 5.76 Å². The molecule has 0 radical (unpaired) electrons. The largest absolute Gasteiger partial charge is 0.492 e. The second kappa shape index (κ2) is 8.27. The number of aromatic hydroxyl groups is 1. The molecular formula is C22H20N2O6S. The van der Waals surface area contributed by atoms with Crippen LogP contribution in [0.1, 0.15) is 22.8 Å². The third-order valence-corrected chi connectivity index (χ3v) is 6.60. The van der Waals surface area contributed by atoms with Crippen molar-refractivity contribution in [3.05, 3.63) is 87.9 Å². The van der Waals surface area contributed by atoms with Gasteiger partial charge in [0, 0.05) is 18.4 Å². The van der Waals surface area contributed by atoms with Crippen LogP contribution in [-0.4, -0.2) is 29.2 Å². The summed E-state index contributed by atoms with van der Waals surface area (Å²) in [5, 5.41) is 9.59. The number of sulfone groups is 1. The van der Waals surface area contributed by atoms with Crippen LogP contribution in [0, 0.1) is 6.92 Å². The molecule has 0 aliphatic carbocycles. The molecule has 4 rings (SSSR count). The molecule has 0 amide bonds. The third kappa shape index (κ3) is 4.61. The van der Waals surface area contributed by atoms with E-state index in [0.717, 1.165) is 5.56 Å². The first kappa shape index (κ1) is 20.7. The standard InChI is InChI=1S/C22H20N2O6S/c1-14-18(23-21(29-14)16-5-3-2-4-6-16)11-12-31(27,28)17-9-7-15(8-10-17)13-19-20(25)24-22(26)30-19/h2-10,25H,11-13H2,1H3,(H,24,26). The summed E-state index contributed by atoms with van der Waals surface area (Å²) in [5.74, 6) is -0.0330. The molecule has 2 heterocycles. The smallest absolute Gasteiger partial charge is 0.419 e. The first-order valence-corrected chi connectivity index (χ1v) is 11.2. The first-order valence-electron chi connectivity index (χ1n) is 9.56. The summed E-state index contributed by atoms with van der Waals surface area (Å²) in [6.07, 6.45) is 0.389. The fourth-order valence-corrected chi connectivity index (χ4v) is 4.43. The van der Waals surface area contributed by atoms with Gasteiger partial charge in [0.05, 0.1) is 16.3 Å². The van der Waals surface area contributed by atoms with Crippen LogP contribution in [0.25, 0.3) is 11.5 Å². The zero-order valence-corrected chi connectivity index (χ0v) is 17.5. The summed E-state index contributed by atoms with van der Waals surface area (Å²) in [7, 11) is -3.53. The number of H-pyrrole nitrogens is 1. The van der Waals surface area contributed by atoms with E-state index in [9.17, 15) is 18.3 Å². The van der Waals surface area contributed by atoms with Crippen molar-refractivity contribution in [2.24, 2.45) is 0 Å². The maximum Gasteiger partial charge on any atom is 0.419 e. The van der Waals surface area contributed by atoms with Crippen molar-refractivity contribution >= 4 is 9.84 Å². The second-order valence-electron chi connectivity index (χ2n) is 7.06. The molecule has 0 spiro atoms. The number of oxazole rings is 2. The van der Waals surface area contributed by atoms with Crippen LogP contribution in [-0.2, 0) is 22.7 Å². The fraction of sp³-hybridized carbons (Fsp3) is 0.182. The second-order valence-corrected chi connectivity index (χ2v) is 9.17. The van der Waals surface area contributed by atoms with Gasteiger partial charge in [-0.15, -0.1) is 0 Å². The molecule has 0 aliphatic heterocycles. The van der Waals surface area contributed by atoms with Crippen molar-refractivity contribution < 1.29 is 22.4 Å². The van der Waals surface area contributed by atoms with Gasteiger partial charge < -0.3 is 13.9 Å². The zero-order chi connectivity index (χ0) is 22.0. The lowest BCUT2D eigenvalue weighted by atomic mass is 10.1. The summed E-state index contributed by atoms with van der Waals surface area (Å²) in [6, 6.07) is 15.7. The van der Waals surface area contributed by atoms with Gasteiger partial charge in [-0.2, -0.15) is 0 Å². The van der Waals surface area contributed by atoms with E-state index in [0.29, 0.717) is 22.9 Å². The SMILES string of the molecule is Cc1oc(-c2ccccc2)nc1CCS(=O)(=O)c1ccc(Cc2oc(=O)[nH]c2O)cc1. The highest BCUT2D eigenvalue weighted by atomic mass is 32.2. The van der Waals surface area contributed by atoms with Crippen molar-refractivity contribution in [3.63, 3.8) is 0 Å². The molecular weight excluding hydrogens is 420 g/mol. The highest BCUT2D eigenvalue weighted by molar-refractivity contribution is 7.91. The van der Waals surface area contributed by atoms with Crippen LogP contribution in [0.15, 0.2) is 73.1 Å². The van der Waals surface area contributed by atoms with Gasteiger partial charge in [0.25, 0.3) is 0 Å². The number of nitrogens with one attached hydrogen (secondary N) is 1. The number of aryl methyl sites for hydroxylation is 2. The number of hydrogen-bond donors (Lipinski definition) is 2. The molecule has 31 heavy (non-hydrogen) atoms. The lowest BCUT2D eigenvalue weighted by Gasteiger charge is -2.05. The minimum absolute atomic E-state index is 0.0938. The lowest BCUT2D eigenvalue weighted by molar-refractivity contribution is 0.426. The highest BCUT2D eigenvalue weighted by Gasteiger charge is 2.18. The minimum atomic E-state index is -3.53. The molecule has 0 saturated carbocycles. The number of nitrogens with zero attached hydrogens (tertiary/aromatic N) is 1. The summed E-state index contributed by atoms with van der Waals surface area (Å²) in [6.45, 7) is 1.77. The molecule has 2 aromatic heterocycles. The van der Waals surface area contributed by atoms with E-state index < -0.39 is 15.6 Å². The lowest BCUT2D eigenvalue weighted by Crippen LogP contribution is -2.10. The molecule has 8 nitrogen and oxygen atoms in total. The van der Waals surface area contributed by atoms with Gasteiger partial charge in [-0.3, -0.25) is 4.98 Å².